The number of nitrogens with one attached hydrogen (secondary N) is 2. The standard InChI is InChI=1S/C26H31N3O2/c1-17-11-22-15-29(16-23-5-4-10-31-23)26(30)24(22)13-21(17)12-19-6-8-20(9-7-19)25(14-28-3)18(2)27/h6-9,11,13-14,23,27-28H,4-5,10,12,15-16H2,1-3H3/b25-14+,27-18?. The number of hydrogen-bond donors (Lipinski definition) is 2. The van der Waals surface area contributed by atoms with Crippen molar-refractivity contribution in [2.75, 3.05) is 20.2 Å². The molecule has 5 nitrogen and oxygen atoms in total. The van der Waals surface area contributed by atoms with Crippen molar-refractivity contribution >= 4 is 17.2 Å². The molecule has 4 rings (SSSR count). The molecule has 1 amide bonds. The first-order valence-electron chi connectivity index (χ1n) is 11.0. The summed E-state index contributed by atoms with van der Waals surface area (Å²) >= 11 is 0. The molecule has 2 aliphatic heterocycles. The number of amides is 1. The van der Waals surface area contributed by atoms with Gasteiger partial charge in [0.05, 0.1) is 6.10 Å². The molecule has 1 unspecified atom stereocenters. The average Bonchev–Trinajstić information content (AvgIpc) is 3.36. The van der Waals surface area contributed by atoms with E-state index >= 15 is 0 Å². The van der Waals surface area contributed by atoms with Crippen molar-refractivity contribution in [1.82, 2.24) is 10.2 Å². The molecule has 0 spiro atoms. The molecule has 162 valence electrons. The predicted molar refractivity (Wildman–Crippen MR) is 125 cm³/mol. The Bertz CT molecular complexity index is 1020. The molecule has 5 heteroatoms. The lowest BCUT2D eigenvalue weighted by Crippen LogP contribution is -2.32. The van der Waals surface area contributed by atoms with Crippen molar-refractivity contribution in [1.29, 1.82) is 5.41 Å². The topological polar surface area (TPSA) is 65.4 Å². The quantitative estimate of drug-likeness (QED) is 0.660. The number of aryl methyl sites for hydroxylation is 1. The summed E-state index contributed by atoms with van der Waals surface area (Å²) in [6.07, 6.45) is 4.96. The van der Waals surface area contributed by atoms with Gasteiger partial charge in [-0.15, -0.1) is 0 Å². The van der Waals surface area contributed by atoms with Crippen LogP contribution in [0, 0.1) is 12.3 Å². The number of nitrogens with zero attached hydrogens (tertiary/aromatic N) is 1. The number of carbonyl (C=O) groups is 1. The van der Waals surface area contributed by atoms with Gasteiger partial charge in [0.2, 0.25) is 0 Å². The molecule has 1 atom stereocenters. The summed E-state index contributed by atoms with van der Waals surface area (Å²) < 4.78 is 5.73. The largest absolute Gasteiger partial charge is 0.393 e. The van der Waals surface area contributed by atoms with E-state index in [9.17, 15) is 4.79 Å². The van der Waals surface area contributed by atoms with Gasteiger partial charge in [-0.3, -0.25) is 4.79 Å². The summed E-state index contributed by atoms with van der Waals surface area (Å²) in [6, 6.07) is 12.6. The van der Waals surface area contributed by atoms with Gasteiger partial charge in [0.15, 0.2) is 0 Å². The van der Waals surface area contributed by atoms with Gasteiger partial charge < -0.3 is 20.4 Å². The summed E-state index contributed by atoms with van der Waals surface area (Å²) in [5, 5.41) is 11.0. The lowest BCUT2D eigenvalue weighted by atomic mass is 9.94. The Labute approximate surface area is 184 Å². The third-order valence-electron chi connectivity index (χ3n) is 6.24. The molecule has 1 saturated heterocycles. The first-order valence-corrected chi connectivity index (χ1v) is 11.0. The van der Waals surface area contributed by atoms with Gasteiger partial charge in [-0.05, 0) is 67.0 Å². The van der Waals surface area contributed by atoms with Crippen molar-refractivity contribution in [2.24, 2.45) is 0 Å². The second-order valence-electron chi connectivity index (χ2n) is 8.60. The molecule has 2 N–H and O–H groups in total. The van der Waals surface area contributed by atoms with E-state index in [2.05, 4.69) is 48.6 Å². The van der Waals surface area contributed by atoms with E-state index in [-0.39, 0.29) is 12.0 Å². The molecule has 2 aromatic rings. The van der Waals surface area contributed by atoms with E-state index in [4.69, 9.17) is 10.1 Å². The molecule has 0 aliphatic carbocycles. The van der Waals surface area contributed by atoms with Gasteiger partial charge in [0.25, 0.3) is 5.91 Å². The van der Waals surface area contributed by atoms with E-state index in [0.717, 1.165) is 48.1 Å². The number of allylic oxidation sites excluding steroid dienone is 1. The third kappa shape index (κ3) is 4.57. The van der Waals surface area contributed by atoms with E-state index in [1.54, 1.807) is 6.92 Å². The maximum Gasteiger partial charge on any atom is 0.254 e. The van der Waals surface area contributed by atoms with Crippen LogP contribution in [-0.4, -0.2) is 42.8 Å². The van der Waals surface area contributed by atoms with Gasteiger partial charge in [0.1, 0.15) is 0 Å². The SMILES string of the molecule is CN/C=C(\C(C)=N)c1ccc(Cc2cc3c(cc2C)CN(CC2CCCO2)C3=O)cc1. The Balaban J connectivity index is 1.50. The van der Waals surface area contributed by atoms with Crippen molar-refractivity contribution in [3.8, 4) is 0 Å². The van der Waals surface area contributed by atoms with Crippen LogP contribution >= 0.6 is 0 Å². The van der Waals surface area contributed by atoms with E-state index < -0.39 is 0 Å². The first-order chi connectivity index (χ1) is 15.0. The second kappa shape index (κ2) is 9.06. The van der Waals surface area contributed by atoms with Crippen LogP contribution in [0.1, 0.15) is 57.9 Å². The molecule has 2 aromatic carbocycles. The summed E-state index contributed by atoms with van der Waals surface area (Å²) in [5.41, 5.74) is 8.02. The highest BCUT2D eigenvalue weighted by molar-refractivity contribution is 6.21. The van der Waals surface area contributed by atoms with Crippen LogP contribution in [0.3, 0.4) is 0 Å². The lowest BCUT2D eigenvalue weighted by Gasteiger charge is -2.19. The molecule has 2 heterocycles. The van der Waals surface area contributed by atoms with Gasteiger partial charge >= 0.3 is 0 Å². The van der Waals surface area contributed by atoms with Crippen LogP contribution < -0.4 is 5.32 Å². The lowest BCUT2D eigenvalue weighted by molar-refractivity contribution is 0.0545. The molecular weight excluding hydrogens is 386 g/mol. The van der Waals surface area contributed by atoms with Gasteiger partial charge in [-0.1, -0.05) is 30.3 Å². The highest BCUT2D eigenvalue weighted by Crippen LogP contribution is 2.29. The Hall–Kier alpha value is -2.92. The number of fused-ring (bicyclic) bond motifs is 1. The minimum absolute atomic E-state index is 0.130. The fourth-order valence-corrected chi connectivity index (χ4v) is 4.54. The zero-order valence-corrected chi connectivity index (χ0v) is 18.6. The Kier molecular flexibility index (Phi) is 6.23. The van der Waals surface area contributed by atoms with Gasteiger partial charge in [-0.25, -0.2) is 0 Å². The molecule has 0 bridgehead atoms. The zero-order valence-electron chi connectivity index (χ0n) is 18.6. The van der Waals surface area contributed by atoms with E-state index in [0.29, 0.717) is 18.8 Å². The summed E-state index contributed by atoms with van der Waals surface area (Å²) in [4.78, 5) is 14.9. The fraction of sp³-hybridized carbons (Fsp3) is 0.385. The number of ether oxygens (including phenoxy) is 1. The van der Waals surface area contributed by atoms with Crippen molar-refractivity contribution < 1.29 is 9.53 Å². The van der Waals surface area contributed by atoms with E-state index in [1.165, 1.54) is 16.7 Å². The van der Waals surface area contributed by atoms with Gasteiger partial charge in [0, 0.05) is 49.8 Å². The number of rotatable bonds is 7. The fourth-order valence-electron chi connectivity index (χ4n) is 4.54. The highest BCUT2D eigenvalue weighted by Gasteiger charge is 2.31. The van der Waals surface area contributed by atoms with Crippen LogP contribution in [-0.2, 0) is 17.7 Å². The second-order valence-corrected chi connectivity index (χ2v) is 8.60. The summed E-state index contributed by atoms with van der Waals surface area (Å²) in [6.45, 7) is 6.12. The van der Waals surface area contributed by atoms with E-state index in [1.807, 2.05) is 18.1 Å². The molecule has 0 radical (unpaired) electrons. The summed E-state index contributed by atoms with van der Waals surface area (Å²) in [5.74, 6) is 0.130. The van der Waals surface area contributed by atoms with Crippen LogP contribution in [0.25, 0.3) is 5.57 Å². The van der Waals surface area contributed by atoms with Crippen LogP contribution in [0.15, 0.2) is 42.6 Å². The minimum Gasteiger partial charge on any atom is -0.393 e. The zero-order chi connectivity index (χ0) is 22.0. The predicted octanol–water partition coefficient (Wildman–Crippen LogP) is 4.32. The molecule has 1 fully saturated rings. The molecule has 2 aliphatic rings. The third-order valence-corrected chi connectivity index (χ3v) is 6.24. The first kappa shape index (κ1) is 21.3. The average molecular weight is 418 g/mol. The highest BCUT2D eigenvalue weighted by atomic mass is 16.5. The Morgan fingerprint density at radius 3 is 2.71 bits per heavy atom. The smallest absolute Gasteiger partial charge is 0.254 e. The van der Waals surface area contributed by atoms with Crippen molar-refractivity contribution in [3.63, 3.8) is 0 Å². The minimum atomic E-state index is 0.130. The monoisotopic (exact) mass is 417 g/mol. The molecule has 0 aromatic heterocycles. The van der Waals surface area contributed by atoms with Crippen LogP contribution in [0.4, 0.5) is 0 Å². The van der Waals surface area contributed by atoms with Crippen molar-refractivity contribution in [3.05, 3.63) is 76.0 Å². The summed E-state index contributed by atoms with van der Waals surface area (Å²) in [7, 11) is 1.84. The normalized spacial score (nSPS) is 18.4. The number of carbonyl (C=O) groups excluding carboxylic acids is 1. The number of benzene rings is 2. The van der Waals surface area contributed by atoms with Crippen LogP contribution in [0.5, 0.6) is 0 Å². The molecular formula is C26H31N3O2. The maximum atomic E-state index is 13.0. The molecule has 0 saturated carbocycles. The Morgan fingerprint density at radius 2 is 2.06 bits per heavy atom. The van der Waals surface area contributed by atoms with Crippen LogP contribution in [0.2, 0.25) is 0 Å². The molecule has 31 heavy (non-hydrogen) atoms. The number of hydrogen-bond acceptors (Lipinski definition) is 4. The maximum absolute atomic E-state index is 13.0. The Morgan fingerprint density at radius 1 is 1.29 bits per heavy atom. The van der Waals surface area contributed by atoms with Crippen molar-refractivity contribution in [2.45, 2.75) is 45.8 Å². The van der Waals surface area contributed by atoms with Gasteiger partial charge in [-0.2, -0.15) is 0 Å².